The van der Waals surface area contributed by atoms with Crippen molar-refractivity contribution < 1.29 is 24.2 Å². The van der Waals surface area contributed by atoms with Gasteiger partial charge in [-0.05, 0) is 33.6 Å². The van der Waals surface area contributed by atoms with Crippen molar-refractivity contribution in [1.29, 1.82) is 0 Å². The van der Waals surface area contributed by atoms with Crippen molar-refractivity contribution >= 4 is 17.9 Å². The maximum absolute atomic E-state index is 11.8. The molecule has 0 saturated carbocycles. The Morgan fingerprint density at radius 1 is 1.10 bits per heavy atom. The number of ether oxygens (including phenoxy) is 1. The molecule has 1 aliphatic heterocycles. The highest BCUT2D eigenvalue weighted by molar-refractivity contribution is 6.07. The van der Waals surface area contributed by atoms with Gasteiger partial charge in [0, 0.05) is 29.9 Å². The first-order valence-electron chi connectivity index (χ1n) is 6.37. The average Bonchev–Trinajstić information content (AvgIpc) is 2.36. The van der Waals surface area contributed by atoms with Crippen LogP contribution in [0.1, 0.15) is 33.6 Å². The van der Waals surface area contributed by atoms with Crippen LogP contribution in [0, 0.1) is 0 Å². The zero-order valence-corrected chi connectivity index (χ0v) is 11.9. The molecule has 20 heavy (non-hydrogen) atoms. The molecule has 0 aromatic heterocycles. The lowest BCUT2D eigenvalue weighted by Crippen LogP contribution is -2.54. The van der Waals surface area contributed by atoms with Crippen LogP contribution in [0.5, 0.6) is 0 Å². The Hall–Kier alpha value is -1.89. The number of imide groups is 1. The third-order valence-electron chi connectivity index (χ3n) is 3.46. The van der Waals surface area contributed by atoms with E-state index in [0.717, 1.165) is 0 Å². The van der Waals surface area contributed by atoms with Gasteiger partial charge in [0.25, 0.3) is 5.91 Å². The van der Waals surface area contributed by atoms with Gasteiger partial charge < -0.3 is 15.2 Å². The maximum Gasteiger partial charge on any atom is 0.331 e. The van der Waals surface area contributed by atoms with Crippen LogP contribution >= 0.6 is 0 Å². The molecule has 1 saturated heterocycles. The van der Waals surface area contributed by atoms with Crippen LogP contribution in [0.4, 0.5) is 4.79 Å². The Morgan fingerprint density at radius 3 is 2.15 bits per heavy atom. The zero-order valence-electron chi connectivity index (χ0n) is 11.9. The third-order valence-corrected chi connectivity index (χ3v) is 3.46. The average molecular weight is 284 g/mol. The lowest BCUT2D eigenvalue weighted by molar-refractivity contribution is -0.133. The number of urea groups is 1. The summed E-state index contributed by atoms with van der Waals surface area (Å²) in [6, 6.07) is -0.628. The fourth-order valence-electron chi connectivity index (χ4n) is 1.78. The maximum atomic E-state index is 11.8. The van der Waals surface area contributed by atoms with Gasteiger partial charge in [-0.3, -0.25) is 10.1 Å². The smallest absolute Gasteiger partial charge is 0.331 e. The highest BCUT2D eigenvalue weighted by Gasteiger charge is 2.29. The minimum Gasteiger partial charge on any atom is -0.478 e. The van der Waals surface area contributed by atoms with E-state index >= 15 is 0 Å². The van der Waals surface area contributed by atoms with Gasteiger partial charge >= 0.3 is 12.0 Å². The molecule has 0 bridgehead atoms. The summed E-state index contributed by atoms with van der Waals surface area (Å²) in [5.74, 6) is -1.90. The topological polar surface area (TPSA) is 105 Å². The Bertz CT molecular complexity index is 450. The summed E-state index contributed by atoms with van der Waals surface area (Å²) in [4.78, 5) is 34.2. The van der Waals surface area contributed by atoms with E-state index in [0.29, 0.717) is 26.1 Å². The number of rotatable bonds is 3. The van der Waals surface area contributed by atoms with E-state index in [9.17, 15) is 14.4 Å². The van der Waals surface area contributed by atoms with Crippen molar-refractivity contribution in [3.8, 4) is 0 Å². The van der Waals surface area contributed by atoms with Gasteiger partial charge in [0.2, 0.25) is 0 Å². The van der Waals surface area contributed by atoms with Crippen LogP contribution < -0.4 is 10.6 Å². The normalized spacial score (nSPS) is 18.8. The lowest BCUT2D eigenvalue weighted by Gasteiger charge is -2.34. The van der Waals surface area contributed by atoms with E-state index in [4.69, 9.17) is 9.84 Å². The molecule has 0 aromatic carbocycles. The van der Waals surface area contributed by atoms with E-state index in [2.05, 4.69) is 10.6 Å². The molecular formula is C13H20N2O5. The van der Waals surface area contributed by atoms with Crippen LogP contribution in [0.2, 0.25) is 0 Å². The molecule has 0 aliphatic carbocycles. The lowest BCUT2D eigenvalue weighted by atomic mass is 9.93. The summed E-state index contributed by atoms with van der Waals surface area (Å²) in [5.41, 5.74) is -0.500. The summed E-state index contributed by atoms with van der Waals surface area (Å²) in [7, 11) is 0. The predicted octanol–water partition coefficient (Wildman–Crippen LogP) is 0.802. The molecule has 112 valence electrons. The molecule has 0 aromatic rings. The van der Waals surface area contributed by atoms with Crippen molar-refractivity contribution in [2.75, 3.05) is 13.2 Å². The van der Waals surface area contributed by atoms with Gasteiger partial charge in [-0.1, -0.05) is 0 Å². The molecule has 7 nitrogen and oxygen atoms in total. The van der Waals surface area contributed by atoms with Crippen LogP contribution in [-0.2, 0) is 14.3 Å². The van der Waals surface area contributed by atoms with Crippen LogP contribution in [0.3, 0.4) is 0 Å². The number of carboxylic acid groups (broad SMARTS) is 1. The first kappa shape index (κ1) is 16.2. The highest BCUT2D eigenvalue weighted by atomic mass is 16.5. The van der Waals surface area contributed by atoms with Crippen molar-refractivity contribution in [1.82, 2.24) is 10.6 Å². The van der Waals surface area contributed by atoms with Gasteiger partial charge in [-0.25, -0.2) is 9.59 Å². The first-order valence-corrected chi connectivity index (χ1v) is 6.37. The fourth-order valence-corrected chi connectivity index (χ4v) is 1.78. The molecule has 1 aliphatic rings. The summed E-state index contributed by atoms with van der Waals surface area (Å²) in [6.45, 7) is 5.67. The Kier molecular flexibility index (Phi) is 5.26. The highest BCUT2D eigenvalue weighted by Crippen LogP contribution is 2.19. The molecule has 0 radical (unpaired) electrons. The van der Waals surface area contributed by atoms with Gasteiger partial charge in [-0.15, -0.1) is 0 Å². The monoisotopic (exact) mass is 284 g/mol. The Balaban J connectivity index is 2.60. The minimum absolute atomic E-state index is 0.00443. The first-order chi connectivity index (χ1) is 9.25. The third kappa shape index (κ3) is 4.34. The van der Waals surface area contributed by atoms with Gasteiger partial charge in [0.05, 0.1) is 0 Å². The summed E-state index contributed by atoms with van der Waals surface area (Å²) < 4.78 is 5.21. The van der Waals surface area contributed by atoms with Crippen molar-refractivity contribution in [2.45, 2.75) is 39.2 Å². The van der Waals surface area contributed by atoms with Crippen molar-refractivity contribution in [3.63, 3.8) is 0 Å². The molecular weight excluding hydrogens is 264 g/mol. The summed E-state index contributed by atoms with van der Waals surface area (Å²) in [6.07, 6.45) is 1.33. The Morgan fingerprint density at radius 2 is 1.65 bits per heavy atom. The predicted molar refractivity (Wildman–Crippen MR) is 71.1 cm³/mol. The van der Waals surface area contributed by atoms with E-state index < -0.39 is 23.4 Å². The quantitative estimate of drug-likeness (QED) is 0.665. The van der Waals surface area contributed by atoms with E-state index in [1.807, 2.05) is 6.92 Å². The minimum atomic E-state index is -1.19. The molecule has 1 rings (SSSR count). The molecule has 7 heteroatoms. The summed E-state index contributed by atoms with van der Waals surface area (Å²) in [5, 5.41) is 13.7. The second-order valence-corrected chi connectivity index (χ2v) is 5.14. The van der Waals surface area contributed by atoms with Gasteiger partial charge in [0.1, 0.15) is 0 Å². The summed E-state index contributed by atoms with van der Waals surface area (Å²) >= 11 is 0. The molecule has 3 amide bonds. The number of amides is 3. The number of nitrogens with one attached hydrogen (secondary N) is 2. The number of hydrogen-bond acceptors (Lipinski definition) is 4. The number of carboxylic acids is 1. The standard InChI is InChI=1S/C13H20N2O5/c1-8(9(2)11(17)18)10(16)14-12(19)15-13(3)4-6-20-7-5-13/h4-7H2,1-3H3,(H,17,18)(H2,14,15,16,19). The molecule has 0 atom stereocenters. The number of carbonyl (C=O) groups is 3. The Labute approximate surface area is 117 Å². The molecule has 3 N–H and O–H groups in total. The second kappa shape index (κ2) is 6.51. The van der Waals surface area contributed by atoms with E-state index in [-0.39, 0.29) is 11.1 Å². The van der Waals surface area contributed by atoms with Crippen LogP contribution in [0.25, 0.3) is 0 Å². The molecule has 1 fully saturated rings. The number of carbonyl (C=O) groups excluding carboxylic acids is 2. The number of hydrogen-bond donors (Lipinski definition) is 3. The fraction of sp³-hybridized carbons (Fsp3) is 0.615. The molecule has 1 heterocycles. The molecule has 0 unspecified atom stereocenters. The zero-order chi connectivity index (χ0) is 15.3. The SMILES string of the molecule is CC(C(=O)O)=C(C)C(=O)NC(=O)NC1(C)CCOCC1. The largest absolute Gasteiger partial charge is 0.478 e. The van der Waals surface area contributed by atoms with Crippen molar-refractivity contribution in [2.24, 2.45) is 0 Å². The van der Waals surface area contributed by atoms with Crippen LogP contribution in [0.15, 0.2) is 11.1 Å². The van der Waals surface area contributed by atoms with E-state index in [1.54, 1.807) is 0 Å². The second-order valence-electron chi connectivity index (χ2n) is 5.14. The molecule has 0 spiro atoms. The number of aliphatic carboxylic acids is 1. The van der Waals surface area contributed by atoms with Gasteiger partial charge in [0.15, 0.2) is 0 Å². The van der Waals surface area contributed by atoms with Gasteiger partial charge in [-0.2, -0.15) is 0 Å². The van der Waals surface area contributed by atoms with E-state index in [1.165, 1.54) is 13.8 Å². The van der Waals surface area contributed by atoms with Crippen molar-refractivity contribution in [3.05, 3.63) is 11.1 Å². The van der Waals surface area contributed by atoms with Crippen LogP contribution in [-0.4, -0.2) is 41.8 Å².